The first-order valence-electron chi connectivity index (χ1n) is 7.64. The number of aryl methyl sites for hydroxylation is 1. The van der Waals surface area contributed by atoms with Crippen molar-refractivity contribution in [2.24, 2.45) is 0 Å². The molecule has 1 aromatic rings. The van der Waals surface area contributed by atoms with Gasteiger partial charge in [-0.1, -0.05) is 29.8 Å². The highest BCUT2D eigenvalue weighted by Gasteiger charge is 2.22. The standard InChI is InChI=1S/C17H25ClN2O3/c1-12-7-9-13(10-8-12)14(6-5-11-18)15(21)19-20-16(22)23-17(2,3)4/h7-10,14H,5-6,11H2,1-4H3,(H,19,21)(H,20,22). The number of benzene rings is 1. The number of carbonyl (C=O) groups excluding carboxylic acids is 2. The van der Waals surface area contributed by atoms with Gasteiger partial charge in [0.25, 0.3) is 0 Å². The predicted octanol–water partition coefficient (Wildman–Crippen LogP) is 3.65. The lowest BCUT2D eigenvalue weighted by atomic mass is 9.93. The normalized spacial score (nSPS) is 12.4. The molecular weight excluding hydrogens is 316 g/mol. The van der Waals surface area contributed by atoms with E-state index in [1.807, 2.05) is 31.2 Å². The van der Waals surface area contributed by atoms with E-state index in [0.717, 1.165) is 11.1 Å². The molecule has 0 aromatic heterocycles. The fourth-order valence-electron chi connectivity index (χ4n) is 2.03. The van der Waals surface area contributed by atoms with Gasteiger partial charge in [-0.05, 0) is 46.1 Å². The third-order valence-corrected chi connectivity index (χ3v) is 3.38. The predicted molar refractivity (Wildman–Crippen MR) is 91.4 cm³/mol. The van der Waals surface area contributed by atoms with Crippen LogP contribution in [-0.2, 0) is 9.53 Å². The summed E-state index contributed by atoms with van der Waals surface area (Å²) in [5, 5.41) is 0. The second-order valence-electron chi connectivity index (χ2n) is 6.41. The number of alkyl halides is 1. The number of nitrogens with one attached hydrogen (secondary N) is 2. The summed E-state index contributed by atoms with van der Waals surface area (Å²) in [6, 6.07) is 7.75. The molecule has 0 aliphatic heterocycles. The summed E-state index contributed by atoms with van der Waals surface area (Å²) in [7, 11) is 0. The molecule has 1 rings (SSSR count). The first-order valence-corrected chi connectivity index (χ1v) is 8.18. The third kappa shape index (κ3) is 7.37. The van der Waals surface area contributed by atoms with Crippen molar-refractivity contribution < 1.29 is 14.3 Å². The number of hydrazine groups is 1. The maximum absolute atomic E-state index is 12.4. The van der Waals surface area contributed by atoms with Gasteiger partial charge in [0.1, 0.15) is 5.60 Å². The van der Waals surface area contributed by atoms with E-state index in [9.17, 15) is 9.59 Å². The van der Waals surface area contributed by atoms with Gasteiger partial charge < -0.3 is 4.74 Å². The Morgan fingerprint density at radius 3 is 2.30 bits per heavy atom. The average Bonchev–Trinajstić information content (AvgIpc) is 2.45. The molecule has 0 aliphatic carbocycles. The fraction of sp³-hybridized carbons (Fsp3) is 0.529. The van der Waals surface area contributed by atoms with E-state index < -0.39 is 11.7 Å². The molecular formula is C17H25ClN2O3. The van der Waals surface area contributed by atoms with Gasteiger partial charge in [0.05, 0.1) is 5.92 Å². The molecule has 128 valence electrons. The number of halogens is 1. The van der Waals surface area contributed by atoms with E-state index in [1.54, 1.807) is 20.8 Å². The van der Waals surface area contributed by atoms with E-state index in [0.29, 0.717) is 18.7 Å². The lowest BCUT2D eigenvalue weighted by Crippen LogP contribution is -2.46. The zero-order chi connectivity index (χ0) is 17.5. The van der Waals surface area contributed by atoms with E-state index in [4.69, 9.17) is 16.3 Å². The van der Waals surface area contributed by atoms with Crippen LogP contribution in [0.3, 0.4) is 0 Å². The summed E-state index contributed by atoms with van der Waals surface area (Å²) in [5.41, 5.74) is 6.10. The highest BCUT2D eigenvalue weighted by molar-refractivity contribution is 6.17. The van der Waals surface area contributed by atoms with Gasteiger partial charge in [0.15, 0.2) is 0 Å². The minimum absolute atomic E-state index is 0.287. The van der Waals surface area contributed by atoms with E-state index in [1.165, 1.54) is 0 Å². The van der Waals surface area contributed by atoms with Crippen molar-refractivity contribution in [1.29, 1.82) is 0 Å². The molecule has 1 atom stereocenters. The largest absolute Gasteiger partial charge is 0.443 e. The molecule has 0 saturated carbocycles. The van der Waals surface area contributed by atoms with Gasteiger partial charge in [0.2, 0.25) is 5.91 Å². The van der Waals surface area contributed by atoms with Crippen LogP contribution in [0.25, 0.3) is 0 Å². The SMILES string of the molecule is Cc1ccc(C(CCCCl)C(=O)NNC(=O)OC(C)(C)C)cc1. The molecule has 5 nitrogen and oxygen atoms in total. The Hall–Kier alpha value is -1.75. The molecule has 0 saturated heterocycles. The van der Waals surface area contributed by atoms with Crippen molar-refractivity contribution in [3.05, 3.63) is 35.4 Å². The van der Waals surface area contributed by atoms with E-state index in [-0.39, 0.29) is 11.8 Å². The maximum Gasteiger partial charge on any atom is 0.426 e. The number of carbonyl (C=O) groups is 2. The minimum Gasteiger partial charge on any atom is -0.443 e. The van der Waals surface area contributed by atoms with Crippen molar-refractivity contribution in [3.8, 4) is 0 Å². The lowest BCUT2D eigenvalue weighted by molar-refractivity contribution is -0.123. The van der Waals surface area contributed by atoms with Crippen LogP contribution in [0, 0.1) is 6.92 Å². The van der Waals surface area contributed by atoms with Crippen molar-refractivity contribution in [3.63, 3.8) is 0 Å². The smallest absolute Gasteiger partial charge is 0.426 e. The minimum atomic E-state index is -0.689. The lowest BCUT2D eigenvalue weighted by Gasteiger charge is -2.21. The average molecular weight is 341 g/mol. The first kappa shape index (κ1) is 19.3. The molecule has 1 aromatic carbocycles. The summed E-state index contributed by atoms with van der Waals surface area (Å²) in [4.78, 5) is 24.0. The van der Waals surface area contributed by atoms with Crippen LogP contribution in [0.5, 0.6) is 0 Å². The Labute approximate surface area is 142 Å². The molecule has 0 fully saturated rings. The zero-order valence-electron chi connectivity index (χ0n) is 14.1. The molecule has 6 heteroatoms. The van der Waals surface area contributed by atoms with Crippen molar-refractivity contribution >= 4 is 23.6 Å². The van der Waals surface area contributed by atoms with Crippen molar-refractivity contribution in [2.45, 2.75) is 52.1 Å². The van der Waals surface area contributed by atoms with Gasteiger partial charge in [0, 0.05) is 5.88 Å². The van der Waals surface area contributed by atoms with Crippen LogP contribution in [0.4, 0.5) is 4.79 Å². The summed E-state index contributed by atoms with van der Waals surface area (Å²) in [6.45, 7) is 7.25. The Morgan fingerprint density at radius 1 is 1.17 bits per heavy atom. The summed E-state index contributed by atoms with van der Waals surface area (Å²) < 4.78 is 5.08. The summed E-state index contributed by atoms with van der Waals surface area (Å²) in [6.07, 6.45) is 0.625. The van der Waals surface area contributed by atoms with Crippen LogP contribution >= 0.6 is 11.6 Å². The fourth-order valence-corrected chi connectivity index (χ4v) is 2.19. The van der Waals surface area contributed by atoms with Crippen LogP contribution in [0.15, 0.2) is 24.3 Å². The maximum atomic E-state index is 12.4. The molecule has 0 spiro atoms. The highest BCUT2D eigenvalue weighted by atomic mass is 35.5. The molecule has 2 amide bonds. The van der Waals surface area contributed by atoms with E-state index in [2.05, 4.69) is 10.9 Å². The number of hydrogen-bond donors (Lipinski definition) is 2. The zero-order valence-corrected chi connectivity index (χ0v) is 14.9. The van der Waals surface area contributed by atoms with Crippen molar-refractivity contribution in [1.82, 2.24) is 10.9 Å². The summed E-state index contributed by atoms with van der Waals surface area (Å²) >= 11 is 5.74. The van der Waals surface area contributed by atoms with Crippen LogP contribution in [-0.4, -0.2) is 23.5 Å². The second kappa shape index (κ2) is 8.77. The second-order valence-corrected chi connectivity index (χ2v) is 6.79. The highest BCUT2D eigenvalue weighted by Crippen LogP contribution is 2.22. The Bertz CT molecular complexity index is 524. The van der Waals surface area contributed by atoms with Crippen LogP contribution < -0.4 is 10.9 Å². The van der Waals surface area contributed by atoms with E-state index >= 15 is 0 Å². The number of rotatable bonds is 5. The number of hydrogen-bond acceptors (Lipinski definition) is 3. The molecule has 0 bridgehead atoms. The quantitative estimate of drug-likeness (QED) is 0.635. The monoisotopic (exact) mass is 340 g/mol. The third-order valence-electron chi connectivity index (χ3n) is 3.11. The van der Waals surface area contributed by atoms with Gasteiger partial charge in [-0.2, -0.15) is 0 Å². The number of ether oxygens (including phenoxy) is 1. The molecule has 1 unspecified atom stereocenters. The molecule has 0 heterocycles. The van der Waals surface area contributed by atoms with Gasteiger partial charge in [-0.15, -0.1) is 11.6 Å². The van der Waals surface area contributed by atoms with Crippen LogP contribution in [0.2, 0.25) is 0 Å². The summed E-state index contributed by atoms with van der Waals surface area (Å²) in [5.74, 6) is -0.177. The Morgan fingerprint density at radius 2 is 1.78 bits per heavy atom. The molecule has 23 heavy (non-hydrogen) atoms. The number of amides is 2. The van der Waals surface area contributed by atoms with Crippen LogP contribution in [0.1, 0.15) is 50.7 Å². The molecule has 0 radical (unpaired) electrons. The topological polar surface area (TPSA) is 67.4 Å². The van der Waals surface area contributed by atoms with Gasteiger partial charge >= 0.3 is 6.09 Å². The Kier molecular flexibility index (Phi) is 7.36. The molecule has 2 N–H and O–H groups in total. The Balaban J connectivity index is 2.69. The van der Waals surface area contributed by atoms with Crippen molar-refractivity contribution in [2.75, 3.05) is 5.88 Å². The van der Waals surface area contributed by atoms with Gasteiger partial charge in [-0.25, -0.2) is 10.2 Å². The molecule has 0 aliphatic rings. The first-order chi connectivity index (χ1) is 10.7. The van der Waals surface area contributed by atoms with Gasteiger partial charge in [-0.3, -0.25) is 10.2 Å².